The topological polar surface area (TPSA) is 30.7 Å². The van der Waals surface area contributed by atoms with Gasteiger partial charge in [-0.3, -0.25) is 0 Å². The third-order valence-corrected chi connectivity index (χ3v) is 12.0. The second-order valence-corrected chi connectivity index (χ2v) is 15.3. The van der Waals surface area contributed by atoms with Crippen LogP contribution in [-0.2, 0) is 0 Å². The predicted octanol–water partition coefficient (Wildman–Crippen LogP) is 14.9. The molecule has 0 fully saturated rings. The fourth-order valence-corrected chi connectivity index (χ4v) is 9.29. The second-order valence-electron chi connectivity index (χ2n) is 15.3. The molecule has 3 nitrogen and oxygen atoms in total. The molecule has 0 amide bonds. The number of hydrogen-bond donors (Lipinski definition) is 0. The van der Waals surface area contributed by atoms with Crippen LogP contribution in [0.5, 0.6) is 0 Å². The van der Waals surface area contributed by atoms with Crippen molar-refractivity contribution >= 4 is 64.9 Å². The van der Waals surface area contributed by atoms with Crippen LogP contribution in [0.15, 0.2) is 212 Å². The Kier molecular flexibility index (Phi) is 7.54. The molecule has 0 radical (unpaired) electrons. The smallest absolute Gasteiger partial charge is 0.160 e. The zero-order valence-corrected chi connectivity index (χ0v) is 32.0. The molecule has 0 spiro atoms. The molecule has 12 rings (SSSR count). The largest absolute Gasteiger partial charge is 0.309 e. The Hall–Kier alpha value is -7.88. The monoisotopic (exact) mass is 749 g/mol. The Labute approximate surface area is 341 Å². The number of benzene rings is 10. The minimum Gasteiger partial charge on any atom is -0.309 e. The Balaban J connectivity index is 1.09. The third-order valence-electron chi connectivity index (χ3n) is 12.0. The van der Waals surface area contributed by atoms with Crippen LogP contribution in [0.2, 0.25) is 0 Å². The zero-order valence-electron chi connectivity index (χ0n) is 32.0. The minimum absolute atomic E-state index is 0.699. The SMILES string of the molecule is c1ccc(-c2nc(-c3ccc4c(c3)c3ccccc3n4-c3ccccc3)cc(-c3ccc(-c4c5ccccc5cc5c4ccc4ccccc45)c4ccccc34)n2)cc1. The fraction of sp³-hybridized carbons (Fsp3) is 0. The molecule has 0 N–H and O–H groups in total. The summed E-state index contributed by atoms with van der Waals surface area (Å²) in [6, 6.07) is 76.3. The number of para-hydroxylation sites is 2. The van der Waals surface area contributed by atoms with Crippen molar-refractivity contribution in [2.45, 2.75) is 0 Å². The molecule has 0 aliphatic heterocycles. The molecular weight excluding hydrogens is 715 g/mol. The fourth-order valence-electron chi connectivity index (χ4n) is 9.29. The van der Waals surface area contributed by atoms with E-state index in [4.69, 9.17) is 9.97 Å². The molecule has 0 unspecified atom stereocenters. The standard InChI is InChI=1S/C56H35N3/c1-3-16-37(17-4-1)56-57-51(39-28-32-54-50(34-39)46-25-13-14-26-53(46)59(54)40-19-5-2-6-20-40)35-52(58-56)45-30-31-47(44-24-12-11-23-43(44)45)55-42-22-10-8-18-38(42)33-49-41-21-9-7-15-36(41)27-29-48(49)55/h1-35H. The van der Waals surface area contributed by atoms with Gasteiger partial charge in [-0.2, -0.15) is 0 Å². The maximum atomic E-state index is 5.33. The van der Waals surface area contributed by atoms with Gasteiger partial charge in [-0.1, -0.05) is 170 Å². The van der Waals surface area contributed by atoms with E-state index < -0.39 is 0 Å². The van der Waals surface area contributed by atoms with Crippen molar-refractivity contribution in [2.75, 3.05) is 0 Å². The van der Waals surface area contributed by atoms with Crippen LogP contribution >= 0.6 is 0 Å². The van der Waals surface area contributed by atoms with Gasteiger partial charge in [0.2, 0.25) is 0 Å². The normalized spacial score (nSPS) is 11.7. The number of aromatic nitrogens is 3. The number of fused-ring (bicyclic) bond motifs is 8. The van der Waals surface area contributed by atoms with Crippen molar-refractivity contribution in [1.82, 2.24) is 14.5 Å². The van der Waals surface area contributed by atoms with E-state index in [1.165, 1.54) is 65.1 Å². The molecule has 0 atom stereocenters. The van der Waals surface area contributed by atoms with Crippen molar-refractivity contribution in [3.8, 4) is 50.7 Å². The first-order chi connectivity index (χ1) is 29.3. The van der Waals surface area contributed by atoms with Gasteiger partial charge in [-0.15, -0.1) is 0 Å². The van der Waals surface area contributed by atoms with Gasteiger partial charge in [-0.25, -0.2) is 9.97 Å². The Morgan fingerprint density at radius 2 is 0.915 bits per heavy atom. The molecule has 0 aliphatic rings. The summed E-state index contributed by atoms with van der Waals surface area (Å²) in [5.74, 6) is 0.699. The van der Waals surface area contributed by atoms with E-state index in [2.05, 4.69) is 211 Å². The summed E-state index contributed by atoms with van der Waals surface area (Å²) >= 11 is 0. The summed E-state index contributed by atoms with van der Waals surface area (Å²) in [6.07, 6.45) is 0. The zero-order chi connectivity index (χ0) is 38.9. The van der Waals surface area contributed by atoms with Gasteiger partial charge < -0.3 is 4.57 Å². The van der Waals surface area contributed by atoms with Crippen LogP contribution in [0.4, 0.5) is 0 Å². The quantitative estimate of drug-likeness (QED) is 0.130. The summed E-state index contributed by atoms with van der Waals surface area (Å²) < 4.78 is 2.35. The maximum absolute atomic E-state index is 5.33. The van der Waals surface area contributed by atoms with Crippen molar-refractivity contribution in [2.24, 2.45) is 0 Å². The van der Waals surface area contributed by atoms with Crippen LogP contribution in [0.25, 0.3) is 116 Å². The Bertz CT molecular complexity index is 3600. The van der Waals surface area contributed by atoms with E-state index in [9.17, 15) is 0 Å². The molecule has 12 aromatic rings. The lowest BCUT2D eigenvalue weighted by Crippen LogP contribution is -1.97. The summed E-state index contributed by atoms with van der Waals surface area (Å²) in [4.78, 5) is 10.6. The number of hydrogen-bond acceptors (Lipinski definition) is 2. The maximum Gasteiger partial charge on any atom is 0.160 e. The lowest BCUT2D eigenvalue weighted by Gasteiger charge is -2.17. The highest BCUT2D eigenvalue weighted by Crippen LogP contribution is 2.44. The van der Waals surface area contributed by atoms with Gasteiger partial charge >= 0.3 is 0 Å². The van der Waals surface area contributed by atoms with Crippen LogP contribution in [0.3, 0.4) is 0 Å². The van der Waals surface area contributed by atoms with E-state index in [0.29, 0.717) is 5.82 Å². The van der Waals surface area contributed by atoms with Crippen molar-refractivity contribution in [3.63, 3.8) is 0 Å². The van der Waals surface area contributed by atoms with Crippen molar-refractivity contribution < 1.29 is 0 Å². The Morgan fingerprint density at radius 3 is 1.73 bits per heavy atom. The van der Waals surface area contributed by atoms with Crippen molar-refractivity contribution in [3.05, 3.63) is 212 Å². The lowest BCUT2D eigenvalue weighted by molar-refractivity contribution is 1.18. The average molecular weight is 750 g/mol. The second kappa shape index (κ2) is 13.4. The molecule has 59 heavy (non-hydrogen) atoms. The van der Waals surface area contributed by atoms with Gasteiger partial charge in [-0.05, 0) is 96.7 Å². The first kappa shape index (κ1) is 33.3. The van der Waals surface area contributed by atoms with Crippen LogP contribution in [0, 0.1) is 0 Å². The van der Waals surface area contributed by atoms with E-state index in [0.717, 1.165) is 44.7 Å². The average Bonchev–Trinajstić information content (AvgIpc) is 3.64. The Morgan fingerprint density at radius 1 is 0.305 bits per heavy atom. The summed E-state index contributed by atoms with van der Waals surface area (Å²) in [5.41, 5.74) is 10.8. The summed E-state index contributed by atoms with van der Waals surface area (Å²) in [5, 5.41) is 12.2. The number of nitrogens with zero attached hydrogens (tertiary/aromatic N) is 3. The molecule has 0 saturated carbocycles. The summed E-state index contributed by atoms with van der Waals surface area (Å²) in [7, 11) is 0. The first-order valence-electron chi connectivity index (χ1n) is 20.2. The highest BCUT2D eigenvalue weighted by Gasteiger charge is 2.19. The van der Waals surface area contributed by atoms with E-state index in [-0.39, 0.29) is 0 Å². The highest BCUT2D eigenvalue weighted by atomic mass is 15.0. The molecule has 0 aliphatic carbocycles. The van der Waals surface area contributed by atoms with E-state index >= 15 is 0 Å². The van der Waals surface area contributed by atoms with Gasteiger partial charge in [0.15, 0.2) is 5.82 Å². The van der Waals surface area contributed by atoms with Crippen LogP contribution in [-0.4, -0.2) is 14.5 Å². The molecule has 10 aromatic carbocycles. The highest BCUT2D eigenvalue weighted by molar-refractivity contribution is 6.23. The van der Waals surface area contributed by atoms with Gasteiger partial charge in [0.1, 0.15) is 0 Å². The van der Waals surface area contributed by atoms with Crippen LogP contribution in [0.1, 0.15) is 0 Å². The summed E-state index contributed by atoms with van der Waals surface area (Å²) in [6.45, 7) is 0. The molecule has 3 heteroatoms. The number of rotatable bonds is 5. The molecule has 2 aromatic heterocycles. The molecular formula is C56H35N3. The van der Waals surface area contributed by atoms with E-state index in [1.54, 1.807) is 0 Å². The molecule has 2 heterocycles. The molecule has 274 valence electrons. The minimum atomic E-state index is 0.699. The van der Waals surface area contributed by atoms with Gasteiger partial charge in [0.25, 0.3) is 0 Å². The van der Waals surface area contributed by atoms with E-state index in [1.807, 2.05) is 6.07 Å². The lowest BCUT2D eigenvalue weighted by atomic mass is 9.86. The third kappa shape index (κ3) is 5.36. The first-order valence-corrected chi connectivity index (χ1v) is 20.2. The van der Waals surface area contributed by atoms with Gasteiger partial charge in [0.05, 0.1) is 22.4 Å². The van der Waals surface area contributed by atoms with Gasteiger partial charge in [0, 0.05) is 33.2 Å². The molecule has 0 saturated heterocycles. The van der Waals surface area contributed by atoms with Crippen LogP contribution < -0.4 is 0 Å². The van der Waals surface area contributed by atoms with Crippen molar-refractivity contribution in [1.29, 1.82) is 0 Å². The predicted molar refractivity (Wildman–Crippen MR) is 248 cm³/mol. The molecule has 0 bridgehead atoms.